The van der Waals surface area contributed by atoms with Gasteiger partial charge >= 0.3 is 0 Å². The first kappa shape index (κ1) is 14.7. The van der Waals surface area contributed by atoms with Crippen LogP contribution in [-0.2, 0) is 0 Å². The molecule has 0 saturated heterocycles. The number of hydrogen-bond donors (Lipinski definition) is 2. The average molecular weight is 313 g/mol. The van der Waals surface area contributed by atoms with Crippen LogP contribution in [0.1, 0.15) is 13.3 Å². The quantitative estimate of drug-likeness (QED) is 0.873. The first-order valence-electron chi connectivity index (χ1n) is 6.10. The second kappa shape index (κ2) is 6.63. The molecule has 0 bridgehead atoms. The van der Waals surface area contributed by atoms with E-state index in [1.807, 2.05) is 0 Å². The van der Waals surface area contributed by atoms with E-state index in [0.717, 1.165) is 13.0 Å². The summed E-state index contributed by atoms with van der Waals surface area (Å²) in [7, 11) is 0. The summed E-state index contributed by atoms with van der Waals surface area (Å²) >= 11 is 11.9. The number of anilines is 2. The van der Waals surface area contributed by atoms with Crippen molar-refractivity contribution in [2.24, 2.45) is 0 Å². The minimum absolute atomic E-state index is 0.124. The number of ether oxygens (including phenoxy) is 1. The molecule has 7 heteroatoms. The van der Waals surface area contributed by atoms with Gasteiger partial charge in [-0.2, -0.15) is 9.97 Å². The van der Waals surface area contributed by atoms with Crippen molar-refractivity contribution in [3.05, 3.63) is 34.3 Å². The van der Waals surface area contributed by atoms with Crippen LogP contribution in [0.5, 0.6) is 11.6 Å². The highest BCUT2D eigenvalue weighted by Crippen LogP contribution is 2.31. The molecule has 1 aromatic heterocycles. The lowest BCUT2D eigenvalue weighted by Crippen LogP contribution is -2.05. The molecular weight excluding hydrogens is 299 g/mol. The maximum Gasteiger partial charge on any atom is 0.226 e. The van der Waals surface area contributed by atoms with Crippen molar-refractivity contribution < 1.29 is 4.74 Å². The Morgan fingerprint density at radius 1 is 1.25 bits per heavy atom. The zero-order valence-corrected chi connectivity index (χ0v) is 12.4. The maximum atomic E-state index is 6.04. The van der Waals surface area contributed by atoms with Gasteiger partial charge in [0.2, 0.25) is 11.8 Å². The van der Waals surface area contributed by atoms with E-state index in [1.165, 1.54) is 0 Å². The highest BCUT2D eigenvalue weighted by molar-refractivity contribution is 6.34. The molecule has 0 fully saturated rings. The number of rotatable bonds is 5. The molecule has 1 aromatic carbocycles. The zero-order valence-electron chi connectivity index (χ0n) is 10.9. The van der Waals surface area contributed by atoms with E-state index in [9.17, 15) is 0 Å². The standard InChI is InChI=1S/C13H14Cl2N4O/c1-2-5-17-11-7-12(19-13(16)18-11)20-10-6-8(14)3-4-9(10)15/h3-4,6-7H,2,5H2,1H3,(H3,16,17,18,19). The van der Waals surface area contributed by atoms with Crippen LogP contribution in [0.15, 0.2) is 24.3 Å². The molecule has 1 heterocycles. The third-order valence-electron chi connectivity index (χ3n) is 2.38. The number of nitrogens with one attached hydrogen (secondary N) is 1. The van der Waals surface area contributed by atoms with Gasteiger partial charge in [-0.1, -0.05) is 30.1 Å². The fourth-order valence-electron chi connectivity index (χ4n) is 1.51. The van der Waals surface area contributed by atoms with E-state index in [1.54, 1.807) is 24.3 Å². The summed E-state index contributed by atoms with van der Waals surface area (Å²) in [5.74, 6) is 1.45. The summed E-state index contributed by atoms with van der Waals surface area (Å²) < 4.78 is 5.60. The SMILES string of the molecule is CCCNc1cc(Oc2cc(Cl)ccc2Cl)nc(N)n1. The molecule has 0 saturated carbocycles. The summed E-state index contributed by atoms with van der Waals surface area (Å²) in [6, 6.07) is 6.60. The number of benzene rings is 1. The molecule has 0 unspecified atom stereocenters. The molecular formula is C13H14Cl2N4O. The van der Waals surface area contributed by atoms with E-state index in [0.29, 0.717) is 27.5 Å². The highest BCUT2D eigenvalue weighted by Gasteiger charge is 2.08. The second-order valence-electron chi connectivity index (χ2n) is 4.05. The van der Waals surface area contributed by atoms with Gasteiger partial charge in [-0.25, -0.2) is 0 Å². The third kappa shape index (κ3) is 3.88. The summed E-state index contributed by atoms with van der Waals surface area (Å²) in [6.07, 6.45) is 0.972. The summed E-state index contributed by atoms with van der Waals surface area (Å²) in [6.45, 7) is 2.84. The molecule has 5 nitrogen and oxygen atoms in total. The Bertz CT molecular complexity index is 607. The first-order valence-corrected chi connectivity index (χ1v) is 6.85. The molecule has 106 valence electrons. The molecule has 2 rings (SSSR count). The van der Waals surface area contributed by atoms with Crippen molar-refractivity contribution >= 4 is 35.0 Å². The first-order chi connectivity index (χ1) is 9.58. The van der Waals surface area contributed by atoms with Crippen LogP contribution in [0.25, 0.3) is 0 Å². The van der Waals surface area contributed by atoms with Gasteiger partial charge in [-0.15, -0.1) is 0 Å². The molecule has 0 aliphatic heterocycles. The van der Waals surface area contributed by atoms with Crippen LogP contribution in [0, 0.1) is 0 Å². The Kier molecular flexibility index (Phi) is 4.87. The number of halogens is 2. The zero-order chi connectivity index (χ0) is 14.5. The van der Waals surface area contributed by atoms with Gasteiger partial charge in [-0.05, 0) is 18.6 Å². The molecule has 0 atom stereocenters. The van der Waals surface area contributed by atoms with Crippen molar-refractivity contribution in [2.75, 3.05) is 17.6 Å². The van der Waals surface area contributed by atoms with Crippen LogP contribution in [0.2, 0.25) is 10.0 Å². The normalized spacial score (nSPS) is 10.3. The van der Waals surface area contributed by atoms with E-state index < -0.39 is 0 Å². The van der Waals surface area contributed by atoms with Gasteiger partial charge in [0.05, 0.1) is 5.02 Å². The van der Waals surface area contributed by atoms with Crippen LogP contribution in [-0.4, -0.2) is 16.5 Å². The fraction of sp³-hybridized carbons (Fsp3) is 0.231. The number of nitrogens with two attached hydrogens (primary N) is 1. The molecule has 0 aliphatic carbocycles. The van der Waals surface area contributed by atoms with Gasteiger partial charge in [0, 0.05) is 23.7 Å². The summed E-state index contributed by atoms with van der Waals surface area (Å²) in [5.41, 5.74) is 5.65. The van der Waals surface area contributed by atoms with E-state index in [4.69, 9.17) is 33.7 Å². The average Bonchev–Trinajstić information content (AvgIpc) is 2.40. The predicted molar refractivity (Wildman–Crippen MR) is 81.8 cm³/mol. The molecule has 20 heavy (non-hydrogen) atoms. The van der Waals surface area contributed by atoms with Crippen molar-refractivity contribution in [2.45, 2.75) is 13.3 Å². The van der Waals surface area contributed by atoms with Crippen LogP contribution >= 0.6 is 23.2 Å². The van der Waals surface area contributed by atoms with Crippen LogP contribution in [0.3, 0.4) is 0 Å². The van der Waals surface area contributed by atoms with Gasteiger partial charge in [-0.3, -0.25) is 0 Å². The van der Waals surface area contributed by atoms with Crippen molar-refractivity contribution in [1.29, 1.82) is 0 Å². The molecule has 0 aliphatic rings. The molecule has 2 aromatic rings. The Balaban J connectivity index is 2.24. The number of aromatic nitrogens is 2. The van der Waals surface area contributed by atoms with Gasteiger partial charge in [0.15, 0.2) is 0 Å². The van der Waals surface area contributed by atoms with Crippen molar-refractivity contribution in [3.63, 3.8) is 0 Å². The van der Waals surface area contributed by atoms with Gasteiger partial charge in [0.25, 0.3) is 0 Å². The third-order valence-corrected chi connectivity index (χ3v) is 2.93. The lowest BCUT2D eigenvalue weighted by molar-refractivity contribution is 0.463. The smallest absolute Gasteiger partial charge is 0.226 e. The molecule has 0 radical (unpaired) electrons. The van der Waals surface area contributed by atoms with Crippen LogP contribution < -0.4 is 15.8 Å². The lowest BCUT2D eigenvalue weighted by atomic mass is 10.3. The topological polar surface area (TPSA) is 73.1 Å². The lowest BCUT2D eigenvalue weighted by Gasteiger charge is -2.10. The number of nitrogens with zero attached hydrogens (tertiary/aromatic N) is 2. The fourth-order valence-corrected chi connectivity index (χ4v) is 1.83. The summed E-state index contributed by atoms with van der Waals surface area (Å²) in [4.78, 5) is 8.08. The number of hydrogen-bond acceptors (Lipinski definition) is 5. The largest absolute Gasteiger partial charge is 0.437 e. The molecule has 3 N–H and O–H groups in total. The van der Waals surface area contributed by atoms with E-state index in [2.05, 4.69) is 22.2 Å². The monoisotopic (exact) mass is 312 g/mol. The number of nitrogen functional groups attached to an aromatic ring is 1. The van der Waals surface area contributed by atoms with Crippen molar-refractivity contribution in [3.8, 4) is 11.6 Å². The Labute approximate surface area is 127 Å². The highest BCUT2D eigenvalue weighted by atomic mass is 35.5. The van der Waals surface area contributed by atoms with Crippen molar-refractivity contribution in [1.82, 2.24) is 9.97 Å². The predicted octanol–water partition coefficient (Wildman–Crippen LogP) is 3.98. The van der Waals surface area contributed by atoms with Gasteiger partial charge in [0.1, 0.15) is 11.6 Å². The van der Waals surface area contributed by atoms with Gasteiger partial charge < -0.3 is 15.8 Å². The van der Waals surface area contributed by atoms with E-state index in [-0.39, 0.29) is 5.95 Å². The minimum atomic E-state index is 0.124. The maximum absolute atomic E-state index is 6.04. The minimum Gasteiger partial charge on any atom is -0.437 e. The molecule has 0 amide bonds. The Hall–Kier alpha value is -1.72. The Morgan fingerprint density at radius 3 is 2.80 bits per heavy atom. The summed E-state index contributed by atoms with van der Waals surface area (Å²) in [5, 5.41) is 4.08. The molecule has 0 spiro atoms. The van der Waals surface area contributed by atoms with Crippen LogP contribution in [0.4, 0.5) is 11.8 Å². The van der Waals surface area contributed by atoms with E-state index >= 15 is 0 Å². The second-order valence-corrected chi connectivity index (χ2v) is 4.90. The Morgan fingerprint density at radius 2 is 2.05 bits per heavy atom.